The molecule has 0 aliphatic carbocycles. The van der Waals surface area contributed by atoms with Crippen molar-refractivity contribution in [2.24, 2.45) is 0 Å². The first-order valence-electron chi connectivity index (χ1n) is 27.1. The van der Waals surface area contributed by atoms with Crippen LogP contribution in [0.2, 0.25) is 0 Å². The summed E-state index contributed by atoms with van der Waals surface area (Å²) in [4.78, 5) is 0. The van der Waals surface area contributed by atoms with Gasteiger partial charge in [0.1, 0.15) is 0 Å². The molecule has 0 N–H and O–H groups in total. The van der Waals surface area contributed by atoms with Gasteiger partial charge in [0, 0.05) is 0 Å². The minimum absolute atomic E-state index is 1.37. The zero-order valence-electron chi connectivity index (χ0n) is 39.8. The van der Waals surface area contributed by atoms with Crippen LogP contribution in [-0.2, 0) is 0 Å². The van der Waals surface area contributed by atoms with Crippen LogP contribution in [0.5, 0.6) is 0 Å². The Hall–Kier alpha value is -0.0400. The lowest BCUT2D eigenvalue weighted by atomic mass is 10.0. The highest BCUT2D eigenvalue weighted by atomic mass is 15.3. The molecule has 0 fully saturated rings. The standard InChI is InChI=1S/C54H112N/c1-5-9-13-17-21-25-29-30-31-32-33-34-38-42-46-50-54-55(51-47-43-39-35-26-22-18-14-10-6-2,52-48-44-40-36-27-23-19-15-11-7-3)53-49-45-41-37-28-24-20-16-12-8-4/h5-54H2,1-4H3/q+1. The van der Waals surface area contributed by atoms with Crippen LogP contribution in [0.4, 0.5) is 0 Å². The van der Waals surface area contributed by atoms with Crippen LogP contribution in [0.1, 0.15) is 323 Å². The van der Waals surface area contributed by atoms with Crippen molar-refractivity contribution in [2.45, 2.75) is 323 Å². The van der Waals surface area contributed by atoms with Gasteiger partial charge in [-0.05, 0) is 51.4 Å². The van der Waals surface area contributed by atoms with Gasteiger partial charge >= 0.3 is 0 Å². The lowest BCUT2D eigenvalue weighted by molar-refractivity contribution is -0.929. The molecule has 1 heteroatoms. The summed E-state index contributed by atoms with van der Waals surface area (Å²) in [6.07, 6.45) is 67.7. The van der Waals surface area contributed by atoms with Gasteiger partial charge in [-0.3, -0.25) is 0 Å². The Kier molecular flexibility index (Phi) is 48.3. The van der Waals surface area contributed by atoms with Gasteiger partial charge in [-0.25, -0.2) is 0 Å². The Bertz CT molecular complexity index is 596. The molecule has 332 valence electrons. The summed E-state index contributed by atoms with van der Waals surface area (Å²) in [5.74, 6) is 0. The van der Waals surface area contributed by atoms with Crippen LogP contribution in [0.25, 0.3) is 0 Å². The van der Waals surface area contributed by atoms with Gasteiger partial charge in [-0.2, -0.15) is 0 Å². The van der Waals surface area contributed by atoms with E-state index in [4.69, 9.17) is 0 Å². The average Bonchev–Trinajstić information content (AvgIpc) is 3.19. The number of hydrogen-bond donors (Lipinski definition) is 0. The maximum absolute atomic E-state index is 2.34. The SMILES string of the molecule is CCCCCCCCCCCCCCCCCC[N+](CCCCCCCCCCCC)(CCCCCCCCCCCC)CCCCCCCCCCCC. The second-order valence-electron chi connectivity index (χ2n) is 19.1. The highest BCUT2D eigenvalue weighted by Gasteiger charge is 2.25. The molecule has 0 unspecified atom stereocenters. The highest BCUT2D eigenvalue weighted by Crippen LogP contribution is 2.22. The maximum atomic E-state index is 2.34. The molecule has 0 radical (unpaired) electrons. The van der Waals surface area contributed by atoms with Crippen molar-refractivity contribution in [2.75, 3.05) is 26.2 Å². The van der Waals surface area contributed by atoms with Gasteiger partial charge in [0.15, 0.2) is 0 Å². The number of nitrogens with zero attached hydrogens (tertiary/aromatic N) is 1. The third-order valence-electron chi connectivity index (χ3n) is 13.4. The van der Waals surface area contributed by atoms with Gasteiger partial charge < -0.3 is 4.48 Å². The monoisotopic (exact) mass is 775 g/mol. The first kappa shape index (κ1) is 55.0. The summed E-state index contributed by atoms with van der Waals surface area (Å²) in [5.41, 5.74) is 0. The molecule has 0 aromatic heterocycles. The number of unbranched alkanes of at least 4 members (excludes halogenated alkanes) is 42. The largest absolute Gasteiger partial charge is 0.324 e. The molecule has 1 nitrogen and oxygen atoms in total. The van der Waals surface area contributed by atoms with Crippen LogP contribution < -0.4 is 0 Å². The summed E-state index contributed by atoms with van der Waals surface area (Å²) in [6.45, 7) is 15.3. The van der Waals surface area contributed by atoms with Gasteiger partial charge in [0.2, 0.25) is 0 Å². The molecule has 55 heavy (non-hydrogen) atoms. The van der Waals surface area contributed by atoms with Crippen molar-refractivity contribution >= 4 is 0 Å². The third kappa shape index (κ3) is 43.4. The van der Waals surface area contributed by atoms with Crippen molar-refractivity contribution in [3.63, 3.8) is 0 Å². The molecule has 0 aromatic carbocycles. The van der Waals surface area contributed by atoms with E-state index < -0.39 is 0 Å². The van der Waals surface area contributed by atoms with Crippen molar-refractivity contribution in [1.82, 2.24) is 0 Å². The predicted molar refractivity (Wildman–Crippen MR) is 255 cm³/mol. The molecule has 0 amide bonds. The summed E-state index contributed by atoms with van der Waals surface area (Å²) in [6, 6.07) is 0. The Morgan fingerprint density at radius 2 is 0.255 bits per heavy atom. The van der Waals surface area contributed by atoms with Crippen LogP contribution in [0, 0.1) is 0 Å². The molecular formula is C54H112N+. The van der Waals surface area contributed by atoms with Gasteiger partial charge in [-0.1, -0.05) is 272 Å². The lowest BCUT2D eigenvalue weighted by Crippen LogP contribution is -2.50. The Labute approximate surface area is 352 Å². The first-order chi connectivity index (χ1) is 27.2. The second kappa shape index (κ2) is 48.3. The van der Waals surface area contributed by atoms with Gasteiger partial charge in [0.05, 0.1) is 26.2 Å². The molecular weight excluding hydrogens is 663 g/mol. The fourth-order valence-corrected chi connectivity index (χ4v) is 9.47. The van der Waals surface area contributed by atoms with Gasteiger partial charge in [-0.15, -0.1) is 0 Å². The number of hydrogen-bond acceptors (Lipinski definition) is 0. The third-order valence-corrected chi connectivity index (χ3v) is 13.4. The Balaban J connectivity index is 4.80. The van der Waals surface area contributed by atoms with E-state index in [0.717, 1.165) is 0 Å². The molecule has 0 rings (SSSR count). The van der Waals surface area contributed by atoms with Crippen LogP contribution in [0.3, 0.4) is 0 Å². The zero-order valence-corrected chi connectivity index (χ0v) is 39.8. The molecule has 0 bridgehead atoms. The van der Waals surface area contributed by atoms with E-state index in [1.807, 2.05) is 0 Å². The van der Waals surface area contributed by atoms with E-state index in [1.165, 1.54) is 326 Å². The first-order valence-corrected chi connectivity index (χ1v) is 27.1. The highest BCUT2D eigenvalue weighted by molar-refractivity contribution is 4.57. The van der Waals surface area contributed by atoms with Crippen molar-refractivity contribution in [3.8, 4) is 0 Å². The smallest absolute Gasteiger partial charge is 0.0786 e. The predicted octanol–water partition coefficient (Wildman–Crippen LogP) is 19.8. The van der Waals surface area contributed by atoms with Crippen LogP contribution >= 0.6 is 0 Å². The van der Waals surface area contributed by atoms with E-state index in [0.29, 0.717) is 0 Å². The normalized spacial score (nSPS) is 12.0. The minimum Gasteiger partial charge on any atom is -0.324 e. The molecule has 0 heterocycles. The van der Waals surface area contributed by atoms with Crippen LogP contribution in [0.15, 0.2) is 0 Å². The quantitative estimate of drug-likeness (QED) is 0.0426. The summed E-state index contributed by atoms with van der Waals surface area (Å²) in [5, 5.41) is 0. The number of rotatable bonds is 50. The minimum atomic E-state index is 1.37. The Morgan fingerprint density at radius 3 is 0.382 bits per heavy atom. The zero-order chi connectivity index (χ0) is 39.9. The van der Waals surface area contributed by atoms with E-state index in [1.54, 1.807) is 0 Å². The maximum Gasteiger partial charge on any atom is 0.0786 e. The summed E-state index contributed by atoms with van der Waals surface area (Å²) in [7, 11) is 0. The van der Waals surface area contributed by atoms with Crippen molar-refractivity contribution in [3.05, 3.63) is 0 Å². The van der Waals surface area contributed by atoms with Crippen molar-refractivity contribution < 1.29 is 4.48 Å². The fourth-order valence-electron chi connectivity index (χ4n) is 9.47. The molecule has 0 spiro atoms. The van der Waals surface area contributed by atoms with E-state index in [2.05, 4.69) is 27.7 Å². The Morgan fingerprint density at radius 1 is 0.145 bits per heavy atom. The van der Waals surface area contributed by atoms with E-state index in [-0.39, 0.29) is 0 Å². The molecule has 0 saturated carbocycles. The molecule has 0 atom stereocenters. The number of quaternary nitrogens is 1. The molecule has 0 aromatic rings. The fraction of sp³-hybridized carbons (Fsp3) is 1.00. The topological polar surface area (TPSA) is 0 Å². The van der Waals surface area contributed by atoms with E-state index in [9.17, 15) is 0 Å². The summed E-state index contributed by atoms with van der Waals surface area (Å²) < 4.78 is 1.49. The average molecular weight is 775 g/mol. The van der Waals surface area contributed by atoms with Gasteiger partial charge in [0.25, 0.3) is 0 Å². The summed E-state index contributed by atoms with van der Waals surface area (Å²) >= 11 is 0. The lowest BCUT2D eigenvalue weighted by Gasteiger charge is -2.40. The van der Waals surface area contributed by atoms with Crippen molar-refractivity contribution in [1.29, 1.82) is 0 Å². The van der Waals surface area contributed by atoms with Crippen LogP contribution in [-0.4, -0.2) is 30.7 Å². The molecule has 0 saturated heterocycles. The molecule has 0 aliphatic rings. The van der Waals surface area contributed by atoms with E-state index >= 15 is 0 Å². The second-order valence-corrected chi connectivity index (χ2v) is 19.1. The molecule has 0 aliphatic heterocycles.